The molecular formula is C27H44O4. The summed E-state index contributed by atoms with van der Waals surface area (Å²) in [5, 5.41) is 20.9. The van der Waals surface area contributed by atoms with Crippen molar-refractivity contribution in [3.8, 4) is 0 Å². The van der Waals surface area contributed by atoms with Gasteiger partial charge in [-0.1, -0.05) is 27.7 Å². The first-order chi connectivity index (χ1) is 14.7. The van der Waals surface area contributed by atoms with Gasteiger partial charge in [0.1, 0.15) is 0 Å². The second-order valence-corrected chi connectivity index (χ2v) is 13.2. The molecule has 0 aromatic carbocycles. The zero-order valence-corrected chi connectivity index (χ0v) is 20.1. The maximum Gasteiger partial charge on any atom is 0.171 e. The van der Waals surface area contributed by atoms with Crippen LogP contribution in [-0.4, -0.2) is 40.9 Å². The van der Waals surface area contributed by atoms with Gasteiger partial charge >= 0.3 is 0 Å². The third kappa shape index (κ3) is 2.80. The third-order valence-corrected chi connectivity index (χ3v) is 12.0. The van der Waals surface area contributed by atoms with Crippen molar-refractivity contribution < 1.29 is 19.7 Å². The summed E-state index contributed by atoms with van der Waals surface area (Å²) in [6.45, 7) is 10.6. The van der Waals surface area contributed by atoms with E-state index in [0.29, 0.717) is 41.1 Å². The predicted octanol–water partition coefficient (Wildman–Crippen LogP) is 4.76. The van der Waals surface area contributed by atoms with Gasteiger partial charge in [-0.3, -0.25) is 0 Å². The van der Waals surface area contributed by atoms with Crippen LogP contribution in [0.2, 0.25) is 0 Å². The first kappa shape index (κ1) is 21.4. The Hall–Kier alpha value is -0.160. The Labute approximate surface area is 188 Å². The van der Waals surface area contributed by atoms with Gasteiger partial charge in [-0.25, -0.2) is 0 Å². The zero-order valence-electron chi connectivity index (χ0n) is 20.1. The van der Waals surface area contributed by atoms with Crippen molar-refractivity contribution in [2.45, 2.75) is 110 Å². The minimum absolute atomic E-state index is 0.191. The minimum atomic E-state index is -0.537. The van der Waals surface area contributed by atoms with E-state index in [-0.39, 0.29) is 11.2 Å². The largest absolute Gasteiger partial charge is 0.390 e. The van der Waals surface area contributed by atoms with Crippen LogP contribution < -0.4 is 0 Å². The summed E-state index contributed by atoms with van der Waals surface area (Å²) in [4.78, 5) is 0. The Morgan fingerprint density at radius 3 is 2.39 bits per heavy atom. The van der Waals surface area contributed by atoms with E-state index in [1.807, 2.05) is 0 Å². The summed E-state index contributed by atoms with van der Waals surface area (Å²) in [5.41, 5.74) is 0.550. The molecule has 4 aliphatic carbocycles. The van der Waals surface area contributed by atoms with Crippen molar-refractivity contribution in [1.82, 2.24) is 0 Å². The number of rotatable bonds is 0. The molecule has 2 N–H and O–H groups in total. The second kappa shape index (κ2) is 6.93. The molecule has 31 heavy (non-hydrogen) atoms. The number of hydrogen-bond acceptors (Lipinski definition) is 4. The maximum absolute atomic E-state index is 10.6. The van der Waals surface area contributed by atoms with Crippen LogP contribution >= 0.6 is 0 Å². The van der Waals surface area contributed by atoms with Crippen molar-refractivity contribution in [2.24, 2.45) is 52.3 Å². The highest BCUT2D eigenvalue weighted by Gasteiger charge is 2.69. The molecule has 13 atom stereocenters. The fraction of sp³-hybridized carbons (Fsp3) is 1.00. The molecule has 2 heterocycles. The Morgan fingerprint density at radius 1 is 0.839 bits per heavy atom. The first-order valence-corrected chi connectivity index (χ1v) is 13.4. The van der Waals surface area contributed by atoms with Gasteiger partial charge in [-0.15, -0.1) is 0 Å². The molecule has 1 spiro atoms. The van der Waals surface area contributed by atoms with Crippen molar-refractivity contribution in [2.75, 3.05) is 6.61 Å². The molecule has 2 saturated heterocycles. The van der Waals surface area contributed by atoms with Crippen LogP contribution in [0.3, 0.4) is 0 Å². The van der Waals surface area contributed by atoms with Gasteiger partial charge in [0.05, 0.1) is 24.9 Å². The zero-order chi connectivity index (χ0) is 21.8. The van der Waals surface area contributed by atoms with Crippen LogP contribution in [0.15, 0.2) is 0 Å². The van der Waals surface area contributed by atoms with Crippen LogP contribution in [0.5, 0.6) is 0 Å². The number of fused-ring (bicyclic) bond motifs is 7. The van der Waals surface area contributed by atoms with E-state index in [1.54, 1.807) is 0 Å². The molecule has 6 fully saturated rings. The lowest BCUT2D eigenvalue weighted by atomic mass is 9.44. The molecule has 176 valence electrons. The van der Waals surface area contributed by atoms with E-state index in [2.05, 4.69) is 27.7 Å². The number of aliphatic hydroxyl groups excluding tert-OH is 2. The molecule has 2 aliphatic heterocycles. The monoisotopic (exact) mass is 432 g/mol. The van der Waals surface area contributed by atoms with Crippen LogP contribution in [0.4, 0.5) is 0 Å². The van der Waals surface area contributed by atoms with Gasteiger partial charge in [0, 0.05) is 12.3 Å². The normalized spacial score (nSPS) is 63.3. The molecule has 0 aromatic rings. The average Bonchev–Trinajstić information content (AvgIpc) is 3.16. The molecule has 0 amide bonds. The summed E-state index contributed by atoms with van der Waals surface area (Å²) < 4.78 is 13.3. The Balaban J connectivity index is 1.26. The standard InChI is InChI=1S/C27H44O4/c1-15-7-10-27(30-14-15)16(2)24-23(31-27)12-20-18-6-5-17-11-21(28)22(29)13-26(17,4)19(18)8-9-25(20,24)3/h15-24,28-29H,5-14H2,1-4H3/t15-,16-,17+,18+,19-,20-,21+,22-,23-,24+,25-,26-,27+/m0/s1. The Bertz CT molecular complexity index is 716. The van der Waals surface area contributed by atoms with Crippen LogP contribution in [-0.2, 0) is 9.47 Å². The molecule has 4 saturated carbocycles. The highest BCUT2D eigenvalue weighted by Crippen LogP contribution is 2.71. The Morgan fingerprint density at radius 2 is 1.65 bits per heavy atom. The molecule has 4 heteroatoms. The molecular weight excluding hydrogens is 388 g/mol. The summed E-state index contributed by atoms with van der Waals surface area (Å²) in [6.07, 6.45) is 9.51. The van der Waals surface area contributed by atoms with Crippen molar-refractivity contribution in [3.63, 3.8) is 0 Å². The van der Waals surface area contributed by atoms with Crippen molar-refractivity contribution in [1.29, 1.82) is 0 Å². The molecule has 6 rings (SSSR count). The number of hydrogen-bond donors (Lipinski definition) is 2. The summed E-state index contributed by atoms with van der Waals surface area (Å²) in [5.74, 6) is 4.21. The second-order valence-electron chi connectivity index (χ2n) is 13.2. The molecule has 0 bridgehead atoms. The van der Waals surface area contributed by atoms with Gasteiger partial charge in [-0.05, 0) is 97.7 Å². The topological polar surface area (TPSA) is 58.9 Å². The first-order valence-electron chi connectivity index (χ1n) is 13.4. The van der Waals surface area contributed by atoms with Gasteiger partial charge in [-0.2, -0.15) is 0 Å². The predicted molar refractivity (Wildman–Crippen MR) is 119 cm³/mol. The lowest BCUT2D eigenvalue weighted by Gasteiger charge is -2.61. The fourth-order valence-electron chi connectivity index (χ4n) is 10.3. The van der Waals surface area contributed by atoms with E-state index < -0.39 is 12.2 Å². The van der Waals surface area contributed by atoms with Crippen molar-refractivity contribution in [3.05, 3.63) is 0 Å². The Kier molecular flexibility index (Phi) is 4.78. The highest BCUT2D eigenvalue weighted by molar-refractivity contribution is 5.15. The van der Waals surface area contributed by atoms with Crippen LogP contribution in [0.1, 0.15) is 85.5 Å². The number of ether oxygens (including phenoxy) is 2. The van der Waals surface area contributed by atoms with Crippen molar-refractivity contribution >= 4 is 0 Å². The van der Waals surface area contributed by atoms with Gasteiger partial charge in [0.25, 0.3) is 0 Å². The van der Waals surface area contributed by atoms with E-state index in [1.165, 1.54) is 38.5 Å². The SMILES string of the molecule is C[C@H]1CC[C@@]2(OC1)O[C@H]1C[C@H]3[C@@H]4CC[C@@H]5C[C@@H](O)[C@@H](O)C[C@]5(C)[C@H]4CC[C@]3(C)[C@@H]1[C@@H]2C. The maximum atomic E-state index is 10.6. The van der Waals surface area contributed by atoms with Gasteiger partial charge in [0.2, 0.25) is 0 Å². The summed E-state index contributed by atoms with van der Waals surface area (Å²) in [6, 6.07) is 0. The lowest BCUT2D eigenvalue weighted by Crippen LogP contribution is -2.57. The quantitative estimate of drug-likeness (QED) is 0.579. The molecule has 0 radical (unpaired) electrons. The van der Waals surface area contributed by atoms with E-state index in [0.717, 1.165) is 37.7 Å². The lowest BCUT2D eigenvalue weighted by molar-refractivity contribution is -0.273. The third-order valence-electron chi connectivity index (χ3n) is 12.0. The van der Waals surface area contributed by atoms with Gasteiger partial charge < -0.3 is 19.7 Å². The summed E-state index contributed by atoms with van der Waals surface area (Å²) >= 11 is 0. The average molecular weight is 433 g/mol. The number of aliphatic hydroxyl groups is 2. The van der Waals surface area contributed by atoms with E-state index in [9.17, 15) is 10.2 Å². The molecule has 6 aliphatic rings. The minimum Gasteiger partial charge on any atom is -0.390 e. The highest BCUT2D eigenvalue weighted by atomic mass is 16.7. The van der Waals surface area contributed by atoms with E-state index in [4.69, 9.17) is 9.47 Å². The fourth-order valence-corrected chi connectivity index (χ4v) is 10.3. The summed E-state index contributed by atoms with van der Waals surface area (Å²) in [7, 11) is 0. The van der Waals surface area contributed by atoms with Gasteiger partial charge in [0.15, 0.2) is 5.79 Å². The molecule has 0 aromatic heterocycles. The van der Waals surface area contributed by atoms with E-state index >= 15 is 0 Å². The molecule has 4 nitrogen and oxygen atoms in total. The van der Waals surface area contributed by atoms with Crippen LogP contribution in [0.25, 0.3) is 0 Å². The smallest absolute Gasteiger partial charge is 0.171 e. The van der Waals surface area contributed by atoms with Crippen LogP contribution in [0, 0.1) is 52.3 Å². The molecule has 0 unspecified atom stereocenters.